The minimum absolute atomic E-state index is 0.0300. The van der Waals surface area contributed by atoms with Crippen molar-refractivity contribution in [2.75, 3.05) is 6.61 Å². The van der Waals surface area contributed by atoms with Crippen LogP contribution in [-0.4, -0.2) is 29.0 Å². The van der Waals surface area contributed by atoms with Crippen molar-refractivity contribution in [2.45, 2.75) is 19.2 Å². The Morgan fingerprint density at radius 1 is 1.59 bits per heavy atom. The standard InChI is InChI=1S/C11H12ClFO4/c1-2-17-11(16)9(13)10(15)6-3-4-8(14)7(12)5-6/h3-5,9-10,14-15H,2H2,1H3. The summed E-state index contributed by atoms with van der Waals surface area (Å²) >= 11 is 5.60. The van der Waals surface area contributed by atoms with Gasteiger partial charge in [0.05, 0.1) is 11.6 Å². The van der Waals surface area contributed by atoms with Crippen LogP contribution in [0.4, 0.5) is 4.39 Å². The summed E-state index contributed by atoms with van der Waals surface area (Å²) in [4.78, 5) is 11.1. The molecule has 0 fully saturated rings. The van der Waals surface area contributed by atoms with Crippen LogP contribution in [-0.2, 0) is 9.53 Å². The van der Waals surface area contributed by atoms with Crippen molar-refractivity contribution in [3.05, 3.63) is 28.8 Å². The van der Waals surface area contributed by atoms with Gasteiger partial charge in [-0.2, -0.15) is 0 Å². The Hall–Kier alpha value is -1.33. The number of aliphatic hydroxyl groups is 1. The third kappa shape index (κ3) is 3.31. The number of phenolic OH excluding ortho intramolecular Hbond substituents is 1. The van der Waals surface area contributed by atoms with Gasteiger partial charge in [0.15, 0.2) is 0 Å². The molecule has 2 unspecified atom stereocenters. The number of carbonyl (C=O) groups is 1. The Morgan fingerprint density at radius 2 is 2.24 bits per heavy atom. The van der Waals surface area contributed by atoms with E-state index in [0.717, 1.165) is 0 Å². The van der Waals surface area contributed by atoms with Crippen molar-refractivity contribution >= 4 is 17.6 Å². The summed E-state index contributed by atoms with van der Waals surface area (Å²) in [5.41, 5.74) is 0.0911. The molecule has 0 saturated heterocycles. The highest BCUT2D eigenvalue weighted by atomic mass is 35.5. The molecule has 0 aromatic heterocycles. The van der Waals surface area contributed by atoms with Crippen LogP contribution >= 0.6 is 11.6 Å². The van der Waals surface area contributed by atoms with Gasteiger partial charge in [-0.15, -0.1) is 0 Å². The Labute approximate surface area is 103 Å². The fraction of sp³-hybridized carbons (Fsp3) is 0.364. The lowest BCUT2D eigenvalue weighted by Crippen LogP contribution is -2.26. The number of halogens is 2. The summed E-state index contributed by atoms with van der Waals surface area (Å²) in [5.74, 6) is -1.32. The van der Waals surface area contributed by atoms with Crippen LogP contribution in [0.25, 0.3) is 0 Å². The van der Waals surface area contributed by atoms with Crippen LogP contribution < -0.4 is 0 Å². The number of aliphatic hydroxyl groups excluding tert-OH is 1. The second-order valence-corrected chi connectivity index (χ2v) is 3.72. The average Bonchev–Trinajstić information content (AvgIpc) is 2.31. The number of aromatic hydroxyl groups is 1. The third-order valence-electron chi connectivity index (χ3n) is 2.10. The third-order valence-corrected chi connectivity index (χ3v) is 2.40. The molecule has 6 heteroatoms. The number of hydrogen-bond donors (Lipinski definition) is 2. The minimum atomic E-state index is -2.18. The first-order valence-corrected chi connectivity index (χ1v) is 5.32. The molecular weight excluding hydrogens is 251 g/mol. The van der Waals surface area contributed by atoms with Gasteiger partial charge in [-0.25, -0.2) is 9.18 Å². The van der Waals surface area contributed by atoms with Crippen molar-refractivity contribution in [3.63, 3.8) is 0 Å². The molecular formula is C11H12ClFO4. The molecule has 0 spiro atoms. The number of phenols is 1. The molecule has 1 aromatic carbocycles. The van der Waals surface area contributed by atoms with Gasteiger partial charge in [-0.3, -0.25) is 0 Å². The number of ether oxygens (including phenoxy) is 1. The number of alkyl halides is 1. The monoisotopic (exact) mass is 262 g/mol. The Bertz CT molecular complexity index is 410. The molecule has 0 aliphatic rings. The highest BCUT2D eigenvalue weighted by Gasteiger charge is 2.29. The summed E-state index contributed by atoms with van der Waals surface area (Å²) in [6.07, 6.45) is -3.86. The van der Waals surface area contributed by atoms with E-state index < -0.39 is 18.2 Å². The van der Waals surface area contributed by atoms with Crippen molar-refractivity contribution in [3.8, 4) is 5.75 Å². The van der Waals surface area contributed by atoms with Crippen LogP contribution in [0.2, 0.25) is 5.02 Å². The molecule has 0 aliphatic carbocycles. The number of rotatable bonds is 4. The molecule has 0 amide bonds. The normalized spacial score (nSPS) is 14.1. The molecule has 0 saturated carbocycles. The SMILES string of the molecule is CCOC(=O)C(F)C(O)c1ccc(O)c(Cl)c1. The minimum Gasteiger partial charge on any atom is -0.506 e. The van der Waals surface area contributed by atoms with E-state index in [9.17, 15) is 14.3 Å². The largest absolute Gasteiger partial charge is 0.506 e. The fourth-order valence-electron chi connectivity index (χ4n) is 1.23. The van der Waals surface area contributed by atoms with Gasteiger partial charge in [-0.1, -0.05) is 17.7 Å². The second kappa shape index (κ2) is 5.84. The summed E-state index contributed by atoms with van der Waals surface area (Å²) in [6.45, 7) is 1.57. The van der Waals surface area contributed by atoms with Crippen molar-refractivity contribution in [1.29, 1.82) is 0 Å². The van der Waals surface area contributed by atoms with E-state index in [4.69, 9.17) is 16.7 Å². The van der Waals surface area contributed by atoms with Crippen LogP contribution in [0.5, 0.6) is 5.75 Å². The Kier molecular flexibility index (Phi) is 4.72. The maximum Gasteiger partial charge on any atom is 0.343 e. The molecule has 17 heavy (non-hydrogen) atoms. The van der Waals surface area contributed by atoms with Gasteiger partial charge in [0.25, 0.3) is 0 Å². The van der Waals surface area contributed by atoms with Crippen LogP contribution in [0.3, 0.4) is 0 Å². The zero-order valence-corrected chi connectivity index (χ0v) is 9.82. The molecule has 0 bridgehead atoms. The van der Waals surface area contributed by atoms with Crippen molar-refractivity contribution in [2.24, 2.45) is 0 Å². The van der Waals surface area contributed by atoms with E-state index in [1.807, 2.05) is 0 Å². The maximum absolute atomic E-state index is 13.5. The first kappa shape index (κ1) is 13.7. The quantitative estimate of drug-likeness (QED) is 0.815. The van der Waals surface area contributed by atoms with Gasteiger partial charge in [0.1, 0.15) is 11.9 Å². The predicted octanol–water partition coefficient (Wildman–Crippen LogP) is 1.98. The topological polar surface area (TPSA) is 66.8 Å². The zero-order chi connectivity index (χ0) is 13.0. The highest BCUT2D eigenvalue weighted by Crippen LogP contribution is 2.28. The van der Waals surface area contributed by atoms with E-state index in [1.165, 1.54) is 25.1 Å². The lowest BCUT2D eigenvalue weighted by molar-refractivity contribution is -0.153. The van der Waals surface area contributed by atoms with Crippen LogP contribution in [0, 0.1) is 0 Å². The second-order valence-electron chi connectivity index (χ2n) is 3.31. The summed E-state index contributed by atoms with van der Waals surface area (Å²) in [5, 5.41) is 18.7. The zero-order valence-electron chi connectivity index (χ0n) is 9.06. The number of carbonyl (C=O) groups excluding carboxylic acids is 1. The van der Waals surface area contributed by atoms with Gasteiger partial charge >= 0.3 is 5.97 Å². The van der Waals surface area contributed by atoms with Gasteiger partial charge < -0.3 is 14.9 Å². The average molecular weight is 263 g/mol. The van der Waals surface area contributed by atoms with E-state index in [2.05, 4.69) is 4.74 Å². The summed E-state index contributed by atoms with van der Waals surface area (Å²) in [6, 6.07) is 3.67. The van der Waals surface area contributed by atoms with Gasteiger partial charge in [0, 0.05) is 0 Å². The molecule has 0 aliphatic heterocycles. The molecule has 0 heterocycles. The van der Waals surface area contributed by atoms with Crippen molar-refractivity contribution < 1.29 is 24.1 Å². The molecule has 0 radical (unpaired) electrons. The molecule has 1 aromatic rings. The molecule has 4 nitrogen and oxygen atoms in total. The summed E-state index contributed by atoms with van der Waals surface area (Å²) < 4.78 is 17.9. The number of esters is 1. The predicted molar refractivity (Wildman–Crippen MR) is 59.6 cm³/mol. The van der Waals surface area contributed by atoms with Crippen molar-refractivity contribution in [1.82, 2.24) is 0 Å². The fourth-order valence-corrected chi connectivity index (χ4v) is 1.42. The molecule has 2 N–H and O–H groups in total. The molecule has 2 atom stereocenters. The first-order valence-electron chi connectivity index (χ1n) is 4.94. The first-order chi connectivity index (χ1) is 7.97. The summed E-state index contributed by atoms with van der Waals surface area (Å²) in [7, 11) is 0. The smallest absolute Gasteiger partial charge is 0.343 e. The highest BCUT2D eigenvalue weighted by molar-refractivity contribution is 6.32. The maximum atomic E-state index is 13.5. The Balaban J connectivity index is 2.84. The van der Waals surface area contributed by atoms with E-state index in [-0.39, 0.29) is 22.9 Å². The van der Waals surface area contributed by atoms with E-state index in [0.29, 0.717) is 0 Å². The lowest BCUT2D eigenvalue weighted by atomic mass is 10.1. The molecule has 1 rings (SSSR count). The van der Waals surface area contributed by atoms with Gasteiger partial charge in [-0.05, 0) is 24.6 Å². The van der Waals surface area contributed by atoms with E-state index >= 15 is 0 Å². The lowest BCUT2D eigenvalue weighted by Gasteiger charge is -2.15. The van der Waals surface area contributed by atoms with Crippen LogP contribution in [0.15, 0.2) is 18.2 Å². The number of hydrogen-bond acceptors (Lipinski definition) is 4. The van der Waals surface area contributed by atoms with E-state index in [1.54, 1.807) is 0 Å². The van der Waals surface area contributed by atoms with Crippen LogP contribution in [0.1, 0.15) is 18.6 Å². The van der Waals surface area contributed by atoms with Gasteiger partial charge in [0.2, 0.25) is 6.17 Å². The Morgan fingerprint density at radius 3 is 2.76 bits per heavy atom. The number of benzene rings is 1. The molecule has 94 valence electrons.